The third kappa shape index (κ3) is 6.87. The maximum Gasteiger partial charge on any atom is 0.191 e. The summed E-state index contributed by atoms with van der Waals surface area (Å²) in [5, 5.41) is 7.17. The zero-order valence-corrected chi connectivity index (χ0v) is 20.6. The molecule has 1 spiro atoms. The highest BCUT2D eigenvalue weighted by Crippen LogP contribution is 2.39. The Hall–Kier alpha value is -1.74. The van der Waals surface area contributed by atoms with E-state index in [9.17, 15) is 0 Å². The summed E-state index contributed by atoms with van der Waals surface area (Å²) in [6.45, 7) is 2.22. The van der Waals surface area contributed by atoms with E-state index in [1.54, 1.807) is 13.4 Å². The largest absolute Gasteiger partial charge is 0.497 e. The van der Waals surface area contributed by atoms with Crippen molar-refractivity contribution in [3.05, 3.63) is 54.0 Å². The molecule has 2 aromatic rings. The van der Waals surface area contributed by atoms with Crippen LogP contribution in [0.1, 0.15) is 49.8 Å². The van der Waals surface area contributed by atoms with Crippen LogP contribution in [0.25, 0.3) is 0 Å². The molecule has 1 saturated carbocycles. The van der Waals surface area contributed by atoms with Crippen molar-refractivity contribution in [2.24, 2.45) is 4.99 Å². The summed E-state index contributed by atoms with van der Waals surface area (Å²) >= 11 is 0. The van der Waals surface area contributed by atoms with Gasteiger partial charge in [0.05, 0.1) is 25.5 Å². The Labute approximate surface area is 202 Å². The molecule has 2 fully saturated rings. The lowest BCUT2D eigenvalue weighted by Gasteiger charge is -2.39. The van der Waals surface area contributed by atoms with Gasteiger partial charge in [-0.25, -0.2) is 4.99 Å². The van der Waals surface area contributed by atoms with Crippen LogP contribution < -0.4 is 15.4 Å². The van der Waals surface area contributed by atoms with E-state index in [1.807, 2.05) is 24.3 Å². The highest BCUT2D eigenvalue weighted by atomic mass is 127. The monoisotopic (exact) mass is 539 g/mol. The van der Waals surface area contributed by atoms with Crippen LogP contribution in [0, 0.1) is 0 Å². The quantitative estimate of drug-likeness (QED) is 0.304. The summed E-state index contributed by atoms with van der Waals surface area (Å²) in [4.78, 5) is 4.86. The van der Waals surface area contributed by atoms with Crippen molar-refractivity contribution in [1.29, 1.82) is 0 Å². The van der Waals surface area contributed by atoms with Gasteiger partial charge in [0.2, 0.25) is 0 Å². The predicted molar refractivity (Wildman–Crippen MR) is 133 cm³/mol. The Morgan fingerprint density at radius 3 is 2.71 bits per heavy atom. The second-order valence-electron chi connectivity index (χ2n) is 8.34. The number of nitrogens with zero attached hydrogens (tertiary/aromatic N) is 1. The Morgan fingerprint density at radius 1 is 1.19 bits per heavy atom. The fourth-order valence-electron chi connectivity index (χ4n) is 4.52. The number of halogens is 1. The van der Waals surface area contributed by atoms with Gasteiger partial charge >= 0.3 is 0 Å². The van der Waals surface area contributed by atoms with Crippen molar-refractivity contribution in [2.75, 3.05) is 20.3 Å². The number of rotatable bonds is 7. The van der Waals surface area contributed by atoms with Gasteiger partial charge in [-0.2, -0.15) is 0 Å². The number of guanidine groups is 1. The lowest BCUT2D eigenvalue weighted by atomic mass is 9.89. The normalized spacial score (nSPS) is 20.3. The molecule has 6 nitrogen and oxygen atoms in total. The molecule has 1 aliphatic carbocycles. The second kappa shape index (κ2) is 11.8. The molecule has 7 heteroatoms. The van der Waals surface area contributed by atoms with Gasteiger partial charge in [-0.3, -0.25) is 0 Å². The third-order valence-corrected chi connectivity index (χ3v) is 6.17. The standard InChI is InChI=1S/C24H33N3O3.HI/c1-28-21-8-6-19(7-9-21)18-26-23(25-14-10-22-5-4-15-29-22)27-20-11-16-30-24(17-20)12-2-3-13-24;/h4-9,15,20H,2-3,10-14,16-18H2,1H3,(H2,25,26,27);1H. The minimum Gasteiger partial charge on any atom is -0.497 e. The maximum atomic E-state index is 6.19. The fourth-order valence-corrected chi connectivity index (χ4v) is 4.52. The molecule has 0 amide bonds. The zero-order chi connectivity index (χ0) is 20.7. The van der Waals surface area contributed by atoms with Crippen LogP contribution in [0.5, 0.6) is 5.75 Å². The predicted octanol–water partition coefficient (Wildman–Crippen LogP) is 4.68. The number of hydrogen-bond acceptors (Lipinski definition) is 4. The lowest BCUT2D eigenvalue weighted by Crippen LogP contribution is -2.51. The van der Waals surface area contributed by atoms with Crippen LogP contribution in [0.4, 0.5) is 0 Å². The van der Waals surface area contributed by atoms with Crippen LogP contribution >= 0.6 is 24.0 Å². The highest BCUT2D eigenvalue weighted by Gasteiger charge is 2.40. The third-order valence-electron chi connectivity index (χ3n) is 6.17. The molecule has 2 heterocycles. The van der Waals surface area contributed by atoms with Crippen molar-refractivity contribution in [1.82, 2.24) is 10.6 Å². The minimum atomic E-state index is 0. The number of benzene rings is 1. The molecule has 1 saturated heterocycles. The first-order valence-electron chi connectivity index (χ1n) is 11.1. The summed E-state index contributed by atoms with van der Waals surface area (Å²) in [6, 6.07) is 12.4. The van der Waals surface area contributed by atoms with Gasteiger partial charge in [-0.1, -0.05) is 25.0 Å². The van der Waals surface area contributed by atoms with E-state index < -0.39 is 0 Å². The number of furan rings is 1. The molecule has 1 aromatic heterocycles. The maximum absolute atomic E-state index is 6.19. The van der Waals surface area contributed by atoms with Gasteiger partial charge in [-0.05, 0) is 55.5 Å². The van der Waals surface area contributed by atoms with Crippen molar-refractivity contribution in [3.8, 4) is 5.75 Å². The van der Waals surface area contributed by atoms with E-state index in [1.165, 1.54) is 25.7 Å². The van der Waals surface area contributed by atoms with E-state index in [4.69, 9.17) is 18.9 Å². The van der Waals surface area contributed by atoms with Crippen molar-refractivity contribution in [3.63, 3.8) is 0 Å². The highest BCUT2D eigenvalue weighted by molar-refractivity contribution is 14.0. The number of methoxy groups -OCH3 is 1. The van der Waals surface area contributed by atoms with E-state index >= 15 is 0 Å². The van der Waals surface area contributed by atoms with Gasteiger partial charge < -0.3 is 24.5 Å². The van der Waals surface area contributed by atoms with Gasteiger partial charge in [0.1, 0.15) is 11.5 Å². The molecular weight excluding hydrogens is 505 g/mol. The Morgan fingerprint density at radius 2 is 2.00 bits per heavy atom. The first-order valence-corrected chi connectivity index (χ1v) is 11.1. The smallest absolute Gasteiger partial charge is 0.191 e. The molecule has 0 radical (unpaired) electrons. The molecule has 1 aromatic carbocycles. The molecule has 0 bridgehead atoms. The van der Waals surface area contributed by atoms with Crippen LogP contribution in [0.2, 0.25) is 0 Å². The summed E-state index contributed by atoms with van der Waals surface area (Å²) in [6.07, 6.45) is 9.57. The van der Waals surface area contributed by atoms with E-state index in [0.29, 0.717) is 12.6 Å². The average Bonchev–Trinajstić information content (AvgIpc) is 3.45. The van der Waals surface area contributed by atoms with E-state index in [0.717, 1.165) is 55.4 Å². The first-order chi connectivity index (χ1) is 14.7. The summed E-state index contributed by atoms with van der Waals surface area (Å²) in [5.41, 5.74) is 1.24. The second-order valence-corrected chi connectivity index (χ2v) is 8.34. The number of aliphatic imine (C=N–C) groups is 1. The molecule has 4 rings (SSSR count). The van der Waals surface area contributed by atoms with Crippen LogP contribution in [0.3, 0.4) is 0 Å². The average molecular weight is 539 g/mol. The van der Waals surface area contributed by atoms with Crippen molar-refractivity contribution in [2.45, 2.75) is 63.1 Å². The number of ether oxygens (including phenoxy) is 2. The van der Waals surface area contributed by atoms with E-state index in [-0.39, 0.29) is 29.6 Å². The summed E-state index contributed by atoms with van der Waals surface area (Å²) in [7, 11) is 1.68. The molecule has 31 heavy (non-hydrogen) atoms. The van der Waals surface area contributed by atoms with Crippen molar-refractivity contribution >= 4 is 29.9 Å². The van der Waals surface area contributed by atoms with E-state index in [2.05, 4.69) is 22.8 Å². The minimum absolute atomic E-state index is 0. The molecular formula is C24H34IN3O3. The zero-order valence-electron chi connectivity index (χ0n) is 18.3. The molecule has 1 unspecified atom stereocenters. The Bertz CT molecular complexity index is 802. The van der Waals surface area contributed by atoms with Gasteiger partial charge in [0.25, 0.3) is 0 Å². The first kappa shape index (κ1) is 23.9. The van der Waals surface area contributed by atoms with Gasteiger partial charge in [0.15, 0.2) is 5.96 Å². The van der Waals surface area contributed by atoms with Crippen LogP contribution in [0.15, 0.2) is 52.1 Å². The number of nitrogens with one attached hydrogen (secondary N) is 2. The lowest BCUT2D eigenvalue weighted by molar-refractivity contribution is -0.0815. The Kier molecular flexibility index (Phi) is 9.07. The molecule has 1 aliphatic heterocycles. The fraction of sp³-hybridized carbons (Fsp3) is 0.542. The topological polar surface area (TPSA) is 68.0 Å². The molecule has 170 valence electrons. The van der Waals surface area contributed by atoms with Crippen LogP contribution in [-0.2, 0) is 17.7 Å². The van der Waals surface area contributed by atoms with Crippen molar-refractivity contribution < 1.29 is 13.9 Å². The van der Waals surface area contributed by atoms with Crippen LogP contribution in [-0.4, -0.2) is 37.9 Å². The van der Waals surface area contributed by atoms with Gasteiger partial charge in [-0.15, -0.1) is 24.0 Å². The molecule has 2 aliphatic rings. The summed E-state index contributed by atoms with van der Waals surface area (Å²) < 4.78 is 16.9. The Balaban J connectivity index is 0.00000272. The number of hydrogen-bond donors (Lipinski definition) is 2. The van der Waals surface area contributed by atoms with Gasteiger partial charge in [0, 0.05) is 25.6 Å². The summed E-state index contributed by atoms with van der Waals surface area (Å²) in [5.74, 6) is 2.70. The molecule has 1 atom stereocenters. The SMILES string of the molecule is COc1ccc(CN=C(NCCc2ccco2)NC2CCOC3(CCCC3)C2)cc1.I. The molecule has 2 N–H and O–H groups in total.